The van der Waals surface area contributed by atoms with E-state index in [1.807, 2.05) is 31.2 Å². The average Bonchev–Trinajstić information content (AvgIpc) is 3.09. The number of hydrogen-bond donors (Lipinski definition) is 2. The van der Waals surface area contributed by atoms with Gasteiger partial charge in [-0.05, 0) is 49.5 Å². The Balaban J connectivity index is 1.82. The number of hydrogen-bond acceptors (Lipinski definition) is 4. The normalized spacial score (nSPS) is 16.8. The van der Waals surface area contributed by atoms with Crippen molar-refractivity contribution in [2.24, 2.45) is 5.92 Å². The summed E-state index contributed by atoms with van der Waals surface area (Å²) in [5.74, 6) is 0.870. The van der Waals surface area contributed by atoms with Crippen LogP contribution in [0, 0.1) is 5.92 Å². The quantitative estimate of drug-likeness (QED) is 0.870. The van der Waals surface area contributed by atoms with E-state index in [0.717, 1.165) is 31.5 Å². The third kappa shape index (κ3) is 3.97. The minimum atomic E-state index is -0.207. The van der Waals surface area contributed by atoms with Crippen molar-refractivity contribution in [3.05, 3.63) is 52.4 Å². The molecule has 1 aromatic heterocycles. The number of carbonyl (C=O) groups is 1. The highest BCUT2D eigenvalue weighted by atomic mass is 35.5. The summed E-state index contributed by atoms with van der Waals surface area (Å²) in [5.41, 5.74) is 1.36. The fraction of sp³-hybridized carbons (Fsp3) is 0.444. The van der Waals surface area contributed by atoms with E-state index in [1.54, 1.807) is 6.07 Å². The number of carbonyl (C=O) groups excluding carboxylic acids is 1. The maximum atomic E-state index is 12.6. The largest absolute Gasteiger partial charge is 0.361 e. The molecule has 0 aliphatic carbocycles. The summed E-state index contributed by atoms with van der Waals surface area (Å²) in [7, 11) is 0. The summed E-state index contributed by atoms with van der Waals surface area (Å²) in [6.45, 7) is 3.88. The Morgan fingerprint density at radius 3 is 2.88 bits per heavy atom. The number of amides is 1. The second kappa shape index (κ2) is 7.81. The molecule has 0 bridgehead atoms. The van der Waals surface area contributed by atoms with Gasteiger partial charge in [-0.1, -0.05) is 35.8 Å². The Morgan fingerprint density at radius 1 is 1.42 bits per heavy atom. The number of piperidine rings is 1. The van der Waals surface area contributed by atoms with E-state index in [-0.39, 0.29) is 11.9 Å². The lowest BCUT2D eigenvalue weighted by atomic mass is 9.86. The van der Waals surface area contributed by atoms with E-state index in [2.05, 4.69) is 15.8 Å². The van der Waals surface area contributed by atoms with Crippen LogP contribution in [0.2, 0.25) is 5.02 Å². The summed E-state index contributed by atoms with van der Waals surface area (Å²) >= 11 is 6.15. The van der Waals surface area contributed by atoms with Crippen molar-refractivity contribution in [1.82, 2.24) is 15.8 Å². The maximum absolute atomic E-state index is 12.6. The minimum Gasteiger partial charge on any atom is -0.361 e. The van der Waals surface area contributed by atoms with E-state index < -0.39 is 0 Å². The van der Waals surface area contributed by atoms with Crippen LogP contribution < -0.4 is 10.6 Å². The number of nitrogens with one attached hydrogen (secondary N) is 2. The Hall–Kier alpha value is -1.85. The number of halogens is 1. The lowest BCUT2D eigenvalue weighted by Gasteiger charge is -2.31. The SMILES string of the molecule is CCc1cc(C(=O)NC(c2cccc(Cl)c2)C2CCNCC2)no1. The number of rotatable bonds is 5. The standard InChI is InChI=1S/C18H22ClN3O2/c1-2-15-11-16(22-24-15)18(23)21-17(12-6-8-20-9-7-12)13-4-3-5-14(19)10-13/h3-5,10-12,17,20H,2,6-9H2,1H3,(H,21,23). The van der Waals surface area contributed by atoms with Crippen LogP contribution in [0.5, 0.6) is 0 Å². The highest BCUT2D eigenvalue weighted by Crippen LogP contribution is 2.30. The van der Waals surface area contributed by atoms with Crippen molar-refractivity contribution < 1.29 is 9.32 Å². The van der Waals surface area contributed by atoms with Gasteiger partial charge in [-0.25, -0.2) is 0 Å². The zero-order chi connectivity index (χ0) is 16.9. The molecule has 1 aliphatic heterocycles. The van der Waals surface area contributed by atoms with Gasteiger partial charge in [0.1, 0.15) is 5.76 Å². The lowest BCUT2D eigenvalue weighted by Crippen LogP contribution is -2.39. The first-order valence-corrected chi connectivity index (χ1v) is 8.78. The van der Waals surface area contributed by atoms with Crippen molar-refractivity contribution in [1.29, 1.82) is 0 Å². The first-order valence-electron chi connectivity index (χ1n) is 8.40. The fourth-order valence-electron chi connectivity index (χ4n) is 3.15. The highest BCUT2D eigenvalue weighted by Gasteiger charge is 2.27. The monoisotopic (exact) mass is 347 g/mol. The summed E-state index contributed by atoms with van der Waals surface area (Å²) in [6, 6.07) is 9.32. The van der Waals surface area contributed by atoms with Gasteiger partial charge in [0.05, 0.1) is 6.04 Å². The average molecular weight is 348 g/mol. The predicted octanol–water partition coefficient (Wildman–Crippen LogP) is 3.36. The zero-order valence-electron chi connectivity index (χ0n) is 13.7. The molecule has 5 nitrogen and oxygen atoms in total. The van der Waals surface area contributed by atoms with E-state index in [4.69, 9.17) is 16.1 Å². The topological polar surface area (TPSA) is 67.2 Å². The third-order valence-corrected chi connectivity index (χ3v) is 4.72. The molecule has 24 heavy (non-hydrogen) atoms. The summed E-state index contributed by atoms with van der Waals surface area (Å²) < 4.78 is 5.14. The van der Waals surface area contributed by atoms with E-state index in [9.17, 15) is 4.79 Å². The smallest absolute Gasteiger partial charge is 0.273 e. The molecule has 1 amide bonds. The lowest BCUT2D eigenvalue weighted by molar-refractivity contribution is 0.0905. The Labute approximate surface area is 146 Å². The fourth-order valence-corrected chi connectivity index (χ4v) is 3.35. The van der Waals surface area contributed by atoms with Crippen LogP contribution >= 0.6 is 11.6 Å². The molecule has 1 unspecified atom stereocenters. The molecule has 0 spiro atoms. The molecule has 6 heteroatoms. The van der Waals surface area contributed by atoms with Gasteiger partial charge in [-0.15, -0.1) is 0 Å². The van der Waals surface area contributed by atoms with Gasteiger partial charge in [0.25, 0.3) is 5.91 Å². The van der Waals surface area contributed by atoms with Crippen molar-refractivity contribution in [2.75, 3.05) is 13.1 Å². The van der Waals surface area contributed by atoms with Crippen LogP contribution in [-0.4, -0.2) is 24.2 Å². The Morgan fingerprint density at radius 2 is 2.21 bits per heavy atom. The molecule has 0 saturated carbocycles. The van der Waals surface area contributed by atoms with Crippen molar-refractivity contribution in [2.45, 2.75) is 32.2 Å². The van der Waals surface area contributed by atoms with Gasteiger partial charge in [-0.3, -0.25) is 4.79 Å². The Bertz CT molecular complexity index is 695. The van der Waals surface area contributed by atoms with Gasteiger partial charge >= 0.3 is 0 Å². The first-order chi connectivity index (χ1) is 11.7. The van der Waals surface area contributed by atoms with Gasteiger partial charge in [-0.2, -0.15) is 0 Å². The predicted molar refractivity (Wildman–Crippen MR) is 93.1 cm³/mol. The van der Waals surface area contributed by atoms with Gasteiger partial charge in [0, 0.05) is 17.5 Å². The molecule has 2 heterocycles. The minimum absolute atomic E-state index is 0.0833. The summed E-state index contributed by atoms with van der Waals surface area (Å²) in [6.07, 6.45) is 2.74. The van der Waals surface area contributed by atoms with Crippen LogP contribution in [0.15, 0.2) is 34.9 Å². The molecule has 2 aromatic rings. The molecule has 1 atom stereocenters. The van der Waals surface area contributed by atoms with Crippen LogP contribution in [0.4, 0.5) is 0 Å². The van der Waals surface area contributed by atoms with Crippen LogP contribution in [0.25, 0.3) is 0 Å². The molecule has 1 saturated heterocycles. The number of benzene rings is 1. The number of nitrogens with zero attached hydrogens (tertiary/aromatic N) is 1. The molecule has 128 valence electrons. The van der Waals surface area contributed by atoms with Gasteiger partial charge in [0.15, 0.2) is 5.69 Å². The number of aromatic nitrogens is 1. The van der Waals surface area contributed by atoms with Crippen LogP contribution in [0.1, 0.15) is 47.6 Å². The zero-order valence-corrected chi connectivity index (χ0v) is 14.5. The van der Waals surface area contributed by atoms with Crippen LogP contribution in [0.3, 0.4) is 0 Å². The molecular formula is C18H22ClN3O2. The third-order valence-electron chi connectivity index (χ3n) is 4.49. The molecule has 3 rings (SSSR count). The van der Waals surface area contributed by atoms with Crippen LogP contribution in [-0.2, 0) is 6.42 Å². The molecule has 0 radical (unpaired) electrons. The van der Waals surface area contributed by atoms with Gasteiger partial charge in [0.2, 0.25) is 0 Å². The van der Waals surface area contributed by atoms with E-state index in [1.165, 1.54) is 0 Å². The van der Waals surface area contributed by atoms with Crippen molar-refractivity contribution in [3.8, 4) is 0 Å². The second-order valence-corrected chi connectivity index (χ2v) is 6.56. The van der Waals surface area contributed by atoms with Crippen molar-refractivity contribution in [3.63, 3.8) is 0 Å². The summed E-state index contributed by atoms with van der Waals surface area (Å²) in [5, 5.41) is 11.0. The molecule has 1 aliphatic rings. The molecule has 1 fully saturated rings. The number of aryl methyl sites for hydroxylation is 1. The van der Waals surface area contributed by atoms with Gasteiger partial charge < -0.3 is 15.2 Å². The maximum Gasteiger partial charge on any atom is 0.273 e. The van der Waals surface area contributed by atoms with E-state index in [0.29, 0.717) is 28.8 Å². The molecular weight excluding hydrogens is 326 g/mol. The first kappa shape index (κ1) is 17.0. The Kier molecular flexibility index (Phi) is 5.53. The summed E-state index contributed by atoms with van der Waals surface area (Å²) in [4.78, 5) is 12.6. The highest BCUT2D eigenvalue weighted by molar-refractivity contribution is 6.30. The second-order valence-electron chi connectivity index (χ2n) is 6.13. The van der Waals surface area contributed by atoms with E-state index >= 15 is 0 Å². The van der Waals surface area contributed by atoms with Crippen molar-refractivity contribution >= 4 is 17.5 Å². The molecule has 1 aromatic carbocycles. The molecule has 2 N–H and O–H groups in total.